The fraction of sp³-hybridized carbons (Fsp3) is 0.529. The summed E-state index contributed by atoms with van der Waals surface area (Å²) in [5, 5.41) is 11.6. The molecular formula is C17H27ClN2O3. The van der Waals surface area contributed by atoms with Crippen LogP contribution < -0.4 is 5.32 Å². The number of carbonyl (C=O) groups is 2. The van der Waals surface area contributed by atoms with Gasteiger partial charge in [0.05, 0.1) is 6.04 Å². The van der Waals surface area contributed by atoms with Crippen LogP contribution in [0.1, 0.15) is 39.5 Å². The van der Waals surface area contributed by atoms with E-state index >= 15 is 0 Å². The number of para-hydroxylation sites is 1. The number of hydrogen-bond donors (Lipinski definition) is 2. The van der Waals surface area contributed by atoms with Crippen LogP contribution in [0.3, 0.4) is 0 Å². The molecule has 1 amide bonds. The highest BCUT2D eigenvalue weighted by molar-refractivity contribution is 5.94. The predicted octanol–water partition coefficient (Wildman–Crippen LogP) is 3.40. The lowest BCUT2D eigenvalue weighted by molar-refractivity contribution is -0.137. The summed E-state index contributed by atoms with van der Waals surface area (Å²) >= 11 is 0. The van der Waals surface area contributed by atoms with Gasteiger partial charge in [0.1, 0.15) is 0 Å². The molecule has 1 unspecified atom stereocenters. The van der Waals surface area contributed by atoms with E-state index in [1.54, 1.807) is 0 Å². The van der Waals surface area contributed by atoms with E-state index in [-0.39, 0.29) is 30.8 Å². The number of anilines is 1. The molecule has 0 aromatic heterocycles. The zero-order valence-electron chi connectivity index (χ0n) is 13.8. The van der Waals surface area contributed by atoms with E-state index in [9.17, 15) is 9.59 Å². The molecule has 0 aliphatic carbocycles. The molecule has 1 aromatic rings. The molecule has 23 heavy (non-hydrogen) atoms. The van der Waals surface area contributed by atoms with Crippen molar-refractivity contribution in [3.8, 4) is 0 Å². The van der Waals surface area contributed by atoms with Crippen LogP contribution in [0.4, 0.5) is 5.69 Å². The molecule has 0 aliphatic heterocycles. The van der Waals surface area contributed by atoms with Crippen molar-refractivity contribution in [2.24, 2.45) is 0 Å². The van der Waals surface area contributed by atoms with Gasteiger partial charge in [-0.15, -0.1) is 12.4 Å². The lowest BCUT2D eigenvalue weighted by atomic mass is 10.2. The second-order valence-corrected chi connectivity index (χ2v) is 5.42. The molecule has 130 valence electrons. The van der Waals surface area contributed by atoms with Crippen molar-refractivity contribution in [3.05, 3.63) is 30.3 Å². The summed E-state index contributed by atoms with van der Waals surface area (Å²) in [6.07, 6.45) is 2.57. The molecule has 0 spiro atoms. The molecule has 1 atom stereocenters. The highest BCUT2D eigenvalue weighted by Gasteiger charge is 2.20. The van der Waals surface area contributed by atoms with Gasteiger partial charge in [0.25, 0.3) is 0 Å². The topological polar surface area (TPSA) is 69.6 Å². The summed E-state index contributed by atoms with van der Waals surface area (Å²) in [5.41, 5.74) is 0.793. The van der Waals surface area contributed by atoms with E-state index in [0.29, 0.717) is 6.42 Å². The van der Waals surface area contributed by atoms with Gasteiger partial charge in [-0.05, 0) is 51.4 Å². The van der Waals surface area contributed by atoms with E-state index < -0.39 is 5.97 Å². The molecule has 0 fully saturated rings. The molecule has 0 heterocycles. The summed E-state index contributed by atoms with van der Waals surface area (Å²) in [6.45, 7) is 5.54. The quantitative estimate of drug-likeness (QED) is 0.639. The third kappa shape index (κ3) is 8.57. The number of benzene rings is 1. The van der Waals surface area contributed by atoms with Gasteiger partial charge < -0.3 is 10.4 Å². The number of unbranched alkanes of at least 4 members (excludes halogenated alkanes) is 1. The minimum absolute atomic E-state index is 0. The summed E-state index contributed by atoms with van der Waals surface area (Å²) in [5.74, 6) is -0.796. The van der Waals surface area contributed by atoms with Crippen LogP contribution in [0.5, 0.6) is 0 Å². The van der Waals surface area contributed by atoms with Crippen molar-refractivity contribution >= 4 is 30.0 Å². The van der Waals surface area contributed by atoms with Crippen molar-refractivity contribution in [1.29, 1.82) is 0 Å². The predicted molar refractivity (Wildman–Crippen MR) is 95.1 cm³/mol. The first-order chi connectivity index (χ1) is 10.5. The number of nitrogens with one attached hydrogen (secondary N) is 1. The number of aliphatic carboxylic acids is 1. The summed E-state index contributed by atoms with van der Waals surface area (Å²) < 4.78 is 0. The van der Waals surface area contributed by atoms with Crippen LogP contribution in [0.2, 0.25) is 0 Å². The van der Waals surface area contributed by atoms with Crippen LogP contribution in [0.25, 0.3) is 0 Å². The Morgan fingerprint density at radius 2 is 1.83 bits per heavy atom. The van der Waals surface area contributed by atoms with Gasteiger partial charge in [-0.25, -0.2) is 0 Å². The molecule has 5 nitrogen and oxygen atoms in total. The smallest absolute Gasteiger partial charge is 0.303 e. The summed E-state index contributed by atoms with van der Waals surface area (Å²) in [7, 11) is 0. The zero-order valence-corrected chi connectivity index (χ0v) is 14.6. The SMILES string of the molecule is CCCN(CCCCC(=O)O)C(C)C(=O)Nc1ccccc1.Cl. The number of carboxylic acid groups (broad SMARTS) is 1. The van der Waals surface area contributed by atoms with Crippen molar-refractivity contribution in [2.45, 2.75) is 45.6 Å². The average Bonchev–Trinajstić information content (AvgIpc) is 2.50. The van der Waals surface area contributed by atoms with Crippen molar-refractivity contribution in [2.75, 3.05) is 18.4 Å². The fourth-order valence-corrected chi connectivity index (χ4v) is 2.31. The molecule has 0 aliphatic rings. The number of rotatable bonds is 10. The number of nitrogens with zero attached hydrogens (tertiary/aromatic N) is 1. The van der Waals surface area contributed by atoms with E-state index in [1.807, 2.05) is 37.3 Å². The second kappa shape index (κ2) is 11.9. The molecule has 2 N–H and O–H groups in total. The van der Waals surface area contributed by atoms with Gasteiger partial charge in [0.15, 0.2) is 0 Å². The number of carboxylic acids is 1. The molecule has 0 radical (unpaired) electrons. The van der Waals surface area contributed by atoms with Gasteiger partial charge in [0, 0.05) is 12.1 Å². The van der Waals surface area contributed by atoms with E-state index in [2.05, 4.69) is 17.1 Å². The van der Waals surface area contributed by atoms with Gasteiger partial charge in [-0.3, -0.25) is 14.5 Å². The lowest BCUT2D eigenvalue weighted by Gasteiger charge is -2.27. The van der Waals surface area contributed by atoms with Crippen LogP contribution in [0.15, 0.2) is 30.3 Å². The Kier molecular flexibility index (Phi) is 11.1. The Morgan fingerprint density at radius 1 is 1.17 bits per heavy atom. The van der Waals surface area contributed by atoms with E-state index in [0.717, 1.165) is 31.6 Å². The minimum atomic E-state index is -0.767. The Balaban J connectivity index is 0.00000484. The van der Waals surface area contributed by atoms with Crippen molar-refractivity contribution in [3.63, 3.8) is 0 Å². The maximum atomic E-state index is 12.3. The molecule has 6 heteroatoms. The van der Waals surface area contributed by atoms with E-state index in [1.165, 1.54) is 0 Å². The third-order valence-corrected chi connectivity index (χ3v) is 3.57. The van der Waals surface area contributed by atoms with Gasteiger partial charge >= 0.3 is 5.97 Å². The van der Waals surface area contributed by atoms with Gasteiger partial charge in [-0.2, -0.15) is 0 Å². The maximum Gasteiger partial charge on any atom is 0.303 e. The molecule has 1 rings (SSSR count). The van der Waals surface area contributed by atoms with Crippen LogP contribution in [0, 0.1) is 0 Å². The number of amides is 1. The Hall–Kier alpha value is -1.59. The standard InChI is InChI=1S/C17H26N2O3.ClH/c1-3-12-19(13-8-7-11-16(20)21)14(2)17(22)18-15-9-5-4-6-10-15;/h4-6,9-10,14H,3,7-8,11-13H2,1-2H3,(H,18,22)(H,20,21);1H. The van der Waals surface area contributed by atoms with Crippen LogP contribution in [-0.2, 0) is 9.59 Å². The first-order valence-corrected chi connectivity index (χ1v) is 7.86. The molecule has 0 bridgehead atoms. The van der Waals surface area contributed by atoms with Crippen LogP contribution in [-0.4, -0.2) is 41.0 Å². The molecule has 1 aromatic carbocycles. The first-order valence-electron chi connectivity index (χ1n) is 7.86. The molecule has 0 saturated heterocycles. The Bertz CT molecular complexity index is 468. The number of carbonyl (C=O) groups excluding carboxylic acids is 1. The number of halogens is 1. The fourth-order valence-electron chi connectivity index (χ4n) is 2.31. The maximum absolute atomic E-state index is 12.3. The summed E-state index contributed by atoms with van der Waals surface area (Å²) in [6, 6.07) is 9.17. The van der Waals surface area contributed by atoms with Gasteiger partial charge in [0.2, 0.25) is 5.91 Å². The van der Waals surface area contributed by atoms with E-state index in [4.69, 9.17) is 5.11 Å². The normalized spacial score (nSPS) is 11.6. The zero-order chi connectivity index (χ0) is 16.4. The first kappa shape index (κ1) is 21.4. The molecule has 0 saturated carbocycles. The van der Waals surface area contributed by atoms with Crippen molar-refractivity contribution < 1.29 is 14.7 Å². The highest BCUT2D eigenvalue weighted by Crippen LogP contribution is 2.10. The lowest BCUT2D eigenvalue weighted by Crippen LogP contribution is -2.43. The van der Waals surface area contributed by atoms with Crippen molar-refractivity contribution in [1.82, 2.24) is 4.90 Å². The van der Waals surface area contributed by atoms with Crippen LogP contribution >= 0.6 is 12.4 Å². The largest absolute Gasteiger partial charge is 0.481 e. The minimum Gasteiger partial charge on any atom is -0.481 e. The second-order valence-electron chi connectivity index (χ2n) is 5.42. The third-order valence-electron chi connectivity index (χ3n) is 3.57. The monoisotopic (exact) mass is 342 g/mol. The molecular weight excluding hydrogens is 316 g/mol. The Morgan fingerprint density at radius 3 is 2.39 bits per heavy atom. The average molecular weight is 343 g/mol. The summed E-state index contributed by atoms with van der Waals surface area (Å²) in [4.78, 5) is 25.0. The highest BCUT2D eigenvalue weighted by atomic mass is 35.5. The number of hydrogen-bond acceptors (Lipinski definition) is 3. The van der Waals surface area contributed by atoms with Gasteiger partial charge in [-0.1, -0.05) is 25.1 Å². The Labute approximate surface area is 144 Å².